The van der Waals surface area contributed by atoms with Gasteiger partial charge in [-0.25, -0.2) is 9.78 Å². The molecule has 0 fully saturated rings. The van der Waals surface area contributed by atoms with Crippen LogP contribution in [0.2, 0.25) is 0 Å². The van der Waals surface area contributed by atoms with Crippen LogP contribution >= 0.6 is 0 Å². The Balaban J connectivity index is 3.12. The van der Waals surface area contributed by atoms with Crippen molar-refractivity contribution in [3.8, 4) is 0 Å². The first-order valence-electron chi connectivity index (χ1n) is 11.1. The third kappa shape index (κ3) is 18.3. The summed E-state index contributed by atoms with van der Waals surface area (Å²) >= 11 is 0. The molecule has 0 aromatic rings. The Labute approximate surface area is 153 Å². The maximum absolute atomic E-state index is 5.38. The lowest BCUT2D eigenvalue weighted by molar-refractivity contribution is -0.302. The molecule has 0 saturated heterocycles. The largest absolute Gasteiger partial charge is 0.237 e. The van der Waals surface area contributed by atoms with Crippen molar-refractivity contribution in [3.05, 3.63) is 0 Å². The summed E-state index contributed by atoms with van der Waals surface area (Å²) in [5.74, 6) is 0.673. The highest BCUT2D eigenvalue weighted by atomic mass is 17.2. The van der Waals surface area contributed by atoms with Crippen molar-refractivity contribution in [3.63, 3.8) is 0 Å². The van der Waals surface area contributed by atoms with E-state index in [1.54, 1.807) is 0 Å². The van der Waals surface area contributed by atoms with Crippen LogP contribution in [0.25, 0.3) is 0 Å². The van der Waals surface area contributed by atoms with Gasteiger partial charge in [-0.2, -0.15) is 0 Å². The summed E-state index contributed by atoms with van der Waals surface area (Å²) in [5.41, 5.74) is 0. The second kappa shape index (κ2) is 21.0. The lowest BCUT2D eigenvalue weighted by Gasteiger charge is -2.13. The Morgan fingerprint density at radius 1 is 0.542 bits per heavy atom. The molecule has 2 heteroatoms. The van der Waals surface area contributed by atoms with E-state index in [1.807, 2.05) is 0 Å². The van der Waals surface area contributed by atoms with Crippen molar-refractivity contribution in [2.24, 2.45) is 5.92 Å². The van der Waals surface area contributed by atoms with Crippen LogP contribution < -0.4 is 0 Å². The Morgan fingerprint density at radius 3 is 1.54 bits per heavy atom. The lowest BCUT2D eigenvalue weighted by Crippen LogP contribution is -2.09. The maximum atomic E-state index is 5.38. The molecule has 0 saturated carbocycles. The van der Waals surface area contributed by atoms with Crippen LogP contribution in [0.15, 0.2) is 0 Å². The SMILES string of the molecule is CCCCCCCCCCCCCCOOCC(CC)CCCC. The molecular weight excluding hydrogens is 296 g/mol. The van der Waals surface area contributed by atoms with Gasteiger partial charge >= 0.3 is 0 Å². The van der Waals surface area contributed by atoms with Crippen molar-refractivity contribution in [2.45, 2.75) is 124 Å². The summed E-state index contributed by atoms with van der Waals surface area (Å²) in [6.45, 7) is 8.32. The average Bonchev–Trinajstić information content (AvgIpc) is 2.61. The van der Waals surface area contributed by atoms with Crippen molar-refractivity contribution in [2.75, 3.05) is 13.2 Å². The Morgan fingerprint density at radius 2 is 1.04 bits per heavy atom. The molecule has 0 aromatic heterocycles. The zero-order valence-electron chi connectivity index (χ0n) is 17.1. The van der Waals surface area contributed by atoms with Gasteiger partial charge in [0.25, 0.3) is 0 Å². The summed E-state index contributed by atoms with van der Waals surface area (Å²) in [6, 6.07) is 0. The zero-order chi connectivity index (χ0) is 17.7. The molecule has 0 aliphatic carbocycles. The van der Waals surface area contributed by atoms with E-state index in [-0.39, 0.29) is 0 Å². The van der Waals surface area contributed by atoms with E-state index >= 15 is 0 Å². The summed E-state index contributed by atoms with van der Waals surface area (Å²) < 4.78 is 0. The van der Waals surface area contributed by atoms with Gasteiger partial charge in [-0.15, -0.1) is 0 Å². The second-order valence-corrected chi connectivity index (χ2v) is 7.41. The topological polar surface area (TPSA) is 18.5 Å². The van der Waals surface area contributed by atoms with Crippen molar-refractivity contribution >= 4 is 0 Å². The molecule has 2 nitrogen and oxygen atoms in total. The zero-order valence-corrected chi connectivity index (χ0v) is 17.1. The van der Waals surface area contributed by atoms with Crippen LogP contribution in [0, 0.1) is 5.92 Å². The van der Waals surface area contributed by atoms with Crippen LogP contribution in [-0.4, -0.2) is 13.2 Å². The molecule has 0 spiro atoms. The fourth-order valence-electron chi connectivity index (χ4n) is 3.10. The normalized spacial score (nSPS) is 12.6. The Kier molecular flexibility index (Phi) is 20.9. The third-order valence-corrected chi connectivity index (χ3v) is 5.01. The number of rotatable bonds is 20. The van der Waals surface area contributed by atoms with Gasteiger partial charge in [-0.1, -0.05) is 111 Å². The molecule has 146 valence electrons. The van der Waals surface area contributed by atoms with Gasteiger partial charge in [-0.05, 0) is 18.8 Å². The molecule has 1 atom stereocenters. The predicted molar refractivity (Wildman–Crippen MR) is 106 cm³/mol. The van der Waals surface area contributed by atoms with E-state index in [4.69, 9.17) is 9.78 Å². The Hall–Kier alpha value is -0.0800. The van der Waals surface area contributed by atoms with Gasteiger partial charge in [0.05, 0.1) is 13.2 Å². The van der Waals surface area contributed by atoms with Crippen LogP contribution in [0.1, 0.15) is 124 Å². The summed E-state index contributed by atoms with van der Waals surface area (Å²) in [5, 5.41) is 0. The number of hydrogen-bond acceptors (Lipinski definition) is 2. The molecule has 0 radical (unpaired) electrons. The highest BCUT2D eigenvalue weighted by Gasteiger charge is 2.06. The van der Waals surface area contributed by atoms with Gasteiger partial charge in [-0.3, -0.25) is 0 Å². The highest BCUT2D eigenvalue weighted by Crippen LogP contribution is 2.14. The summed E-state index contributed by atoms with van der Waals surface area (Å²) in [4.78, 5) is 10.7. The standard InChI is InChI=1S/C22H46O2/c1-4-7-9-10-11-12-13-14-15-16-17-18-20-23-24-21-22(6-3)19-8-5-2/h22H,4-21H2,1-3H3. The highest BCUT2D eigenvalue weighted by molar-refractivity contribution is 4.54. The summed E-state index contributed by atoms with van der Waals surface area (Å²) in [7, 11) is 0. The van der Waals surface area contributed by atoms with E-state index < -0.39 is 0 Å². The van der Waals surface area contributed by atoms with Crippen molar-refractivity contribution in [1.29, 1.82) is 0 Å². The molecule has 0 aromatic carbocycles. The van der Waals surface area contributed by atoms with Crippen molar-refractivity contribution < 1.29 is 9.78 Å². The monoisotopic (exact) mass is 342 g/mol. The third-order valence-electron chi connectivity index (χ3n) is 5.01. The van der Waals surface area contributed by atoms with E-state index in [0.29, 0.717) is 5.92 Å². The minimum absolute atomic E-state index is 0.673. The number of hydrogen-bond donors (Lipinski definition) is 0. The first-order valence-corrected chi connectivity index (χ1v) is 11.1. The maximum Gasteiger partial charge on any atom is 0.0850 e. The quantitative estimate of drug-likeness (QED) is 0.127. The summed E-state index contributed by atoms with van der Waals surface area (Å²) in [6.07, 6.45) is 21.6. The van der Waals surface area contributed by atoms with Crippen molar-refractivity contribution in [1.82, 2.24) is 0 Å². The molecule has 0 aliphatic heterocycles. The van der Waals surface area contributed by atoms with Gasteiger partial charge < -0.3 is 0 Å². The van der Waals surface area contributed by atoms with Gasteiger partial charge in [0.15, 0.2) is 0 Å². The minimum Gasteiger partial charge on any atom is -0.237 e. The fraction of sp³-hybridized carbons (Fsp3) is 1.00. The van der Waals surface area contributed by atoms with Crippen LogP contribution in [0.3, 0.4) is 0 Å². The smallest absolute Gasteiger partial charge is 0.0850 e. The molecular formula is C22H46O2. The second-order valence-electron chi connectivity index (χ2n) is 7.41. The minimum atomic E-state index is 0.673. The molecule has 0 amide bonds. The van der Waals surface area contributed by atoms with Gasteiger partial charge in [0.1, 0.15) is 0 Å². The molecule has 0 N–H and O–H groups in total. The number of unbranched alkanes of at least 4 members (excludes halogenated alkanes) is 12. The van der Waals surface area contributed by atoms with E-state index in [1.165, 1.54) is 96.3 Å². The van der Waals surface area contributed by atoms with Crippen LogP contribution in [0.5, 0.6) is 0 Å². The molecule has 0 rings (SSSR count). The van der Waals surface area contributed by atoms with Gasteiger partial charge in [0.2, 0.25) is 0 Å². The molecule has 0 bridgehead atoms. The van der Waals surface area contributed by atoms with E-state index in [9.17, 15) is 0 Å². The Bertz CT molecular complexity index is 218. The van der Waals surface area contributed by atoms with Crippen LogP contribution in [0.4, 0.5) is 0 Å². The molecule has 1 unspecified atom stereocenters. The molecule has 0 heterocycles. The van der Waals surface area contributed by atoms with Gasteiger partial charge in [0, 0.05) is 0 Å². The first-order chi connectivity index (χ1) is 11.8. The average molecular weight is 343 g/mol. The first kappa shape index (κ1) is 23.9. The molecule has 24 heavy (non-hydrogen) atoms. The molecule has 0 aliphatic rings. The van der Waals surface area contributed by atoms with E-state index in [2.05, 4.69) is 20.8 Å². The van der Waals surface area contributed by atoms with E-state index in [0.717, 1.165) is 19.6 Å². The lowest BCUT2D eigenvalue weighted by atomic mass is 10.0. The fourth-order valence-corrected chi connectivity index (χ4v) is 3.10. The van der Waals surface area contributed by atoms with Crippen LogP contribution in [-0.2, 0) is 9.78 Å². The predicted octanol–water partition coefficient (Wildman–Crippen LogP) is 7.85.